The van der Waals surface area contributed by atoms with Gasteiger partial charge in [0, 0.05) is 19.6 Å². The second kappa shape index (κ2) is 6.57. The summed E-state index contributed by atoms with van der Waals surface area (Å²) in [5, 5.41) is 3.44. The molecule has 3 nitrogen and oxygen atoms in total. The number of anilines is 1. The Hall–Kier alpha value is -1.09. The Bertz CT molecular complexity index is 410. The van der Waals surface area contributed by atoms with Crippen LogP contribution in [0.5, 0.6) is 0 Å². The molecule has 0 atom stereocenters. The number of pyridine rings is 1. The molecule has 0 aromatic carbocycles. The minimum absolute atomic E-state index is 0.891. The fraction of sp³-hybridized carbons (Fsp3) is 0.706. The third-order valence-electron chi connectivity index (χ3n) is 4.20. The molecule has 0 aliphatic heterocycles. The minimum atomic E-state index is 0.891. The molecule has 1 heterocycles. The summed E-state index contributed by atoms with van der Waals surface area (Å²) >= 11 is 0. The number of hydrogen-bond acceptors (Lipinski definition) is 3. The van der Waals surface area contributed by atoms with Crippen LogP contribution in [0.4, 0.5) is 5.82 Å². The summed E-state index contributed by atoms with van der Waals surface area (Å²) in [7, 11) is 0. The molecule has 0 bridgehead atoms. The molecule has 3 heteroatoms. The number of aromatic nitrogens is 1. The van der Waals surface area contributed by atoms with E-state index in [0.29, 0.717) is 0 Å². The van der Waals surface area contributed by atoms with Gasteiger partial charge >= 0.3 is 0 Å². The molecule has 2 saturated carbocycles. The summed E-state index contributed by atoms with van der Waals surface area (Å²) in [6.07, 6.45) is 6.84. The van der Waals surface area contributed by atoms with Gasteiger partial charge in [0.15, 0.2) is 0 Å². The molecule has 0 unspecified atom stereocenters. The highest BCUT2D eigenvalue weighted by Crippen LogP contribution is 2.35. The predicted octanol–water partition coefficient (Wildman–Crippen LogP) is 3.21. The monoisotopic (exact) mass is 273 g/mol. The molecule has 0 spiro atoms. The van der Waals surface area contributed by atoms with E-state index in [1.807, 2.05) is 0 Å². The average molecular weight is 273 g/mol. The highest BCUT2D eigenvalue weighted by Gasteiger charge is 2.29. The quantitative estimate of drug-likeness (QED) is 0.700. The molecule has 0 amide bonds. The van der Waals surface area contributed by atoms with Crippen LogP contribution in [0.25, 0.3) is 0 Å². The van der Waals surface area contributed by atoms with Gasteiger partial charge < -0.3 is 10.2 Å². The van der Waals surface area contributed by atoms with E-state index in [2.05, 4.69) is 35.3 Å². The van der Waals surface area contributed by atoms with Crippen LogP contribution in [0.15, 0.2) is 18.2 Å². The summed E-state index contributed by atoms with van der Waals surface area (Å²) in [6.45, 7) is 6.59. The molecule has 0 radical (unpaired) electrons. The van der Waals surface area contributed by atoms with Gasteiger partial charge in [0.05, 0.1) is 5.69 Å². The van der Waals surface area contributed by atoms with Crippen molar-refractivity contribution in [3.05, 3.63) is 23.9 Å². The Labute approximate surface area is 122 Å². The maximum atomic E-state index is 4.87. The smallest absolute Gasteiger partial charge is 0.128 e. The van der Waals surface area contributed by atoms with E-state index < -0.39 is 0 Å². The van der Waals surface area contributed by atoms with Crippen molar-refractivity contribution >= 4 is 5.82 Å². The Morgan fingerprint density at radius 2 is 1.85 bits per heavy atom. The summed E-state index contributed by atoms with van der Waals surface area (Å²) in [4.78, 5) is 7.41. The van der Waals surface area contributed by atoms with E-state index in [0.717, 1.165) is 24.9 Å². The zero-order valence-corrected chi connectivity index (χ0v) is 12.6. The van der Waals surface area contributed by atoms with E-state index in [1.54, 1.807) is 0 Å². The number of rotatable bonds is 9. The van der Waals surface area contributed by atoms with Gasteiger partial charge in [0.2, 0.25) is 0 Å². The van der Waals surface area contributed by atoms with Crippen molar-refractivity contribution in [1.82, 2.24) is 10.3 Å². The zero-order chi connectivity index (χ0) is 13.8. The molecule has 2 fully saturated rings. The van der Waals surface area contributed by atoms with Gasteiger partial charge in [-0.15, -0.1) is 0 Å². The van der Waals surface area contributed by atoms with Gasteiger partial charge in [-0.2, -0.15) is 0 Å². The normalized spacial score (nSPS) is 18.2. The van der Waals surface area contributed by atoms with Gasteiger partial charge in [0.1, 0.15) is 5.82 Å². The maximum absolute atomic E-state index is 4.87. The number of nitrogens with one attached hydrogen (secondary N) is 1. The molecule has 20 heavy (non-hydrogen) atoms. The molecule has 2 aliphatic rings. The largest absolute Gasteiger partial charge is 0.356 e. The zero-order valence-electron chi connectivity index (χ0n) is 12.6. The van der Waals surface area contributed by atoms with Crippen molar-refractivity contribution in [1.29, 1.82) is 0 Å². The van der Waals surface area contributed by atoms with Crippen LogP contribution >= 0.6 is 0 Å². The van der Waals surface area contributed by atoms with Gasteiger partial charge in [-0.1, -0.05) is 13.0 Å². The predicted molar refractivity (Wildman–Crippen MR) is 83.9 cm³/mol. The molecule has 1 N–H and O–H groups in total. The standard InChI is InChI=1S/C17H27N3/c1-2-10-18-11-16-4-3-5-17(19-16)20(12-14-6-7-14)13-15-8-9-15/h3-5,14-15,18H,2,6-13H2,1H3. The summed E-state index contributed by atoms with van der Waals surface area (Å²) < 4.78 is 0. The first-order valence-corrected chi connectivity index (χ1v) is 8.26. The van der Waals surface area contributed by atoms with E-state index >= 15 is 0 Å². The number of hydrogen-bond donors (Lipinski definition) is 1. The van der Waals surface area contributed by atoms with E-state index in [-0.39, 0.29) is 0 Å². The van der Waals surface area contributed by atoms with Gasteiger partial charge in [-0.05, 0) is 62.6 Å². The van der Waals surface area contributed by atoms with Crippen LogP contribution in [0, 0.1) is 11.8 Å². The average Bonchev–Trinajstić information content (AvgIpc) is 3.34. The molecular weight excluding hydrogens is 246 g/mol. The lowest BCUT2D eigenvalue weighted by Gasteiger charge is -2.24. The van der Waals surface area contributed by atoms with Crippen LogP contribution in [-0.4, -0.2) is 24.6 Å². The summed E-state index contributed by atoms with van der Waals surface area (Å²) in [5.41, 5.74) is 1.17. The van der Waals surface area contributed by atoms with Crippen molar-refractivity contribution in [2.75, 3.05) is 24.5 Å². The first-order chi connectivity index (χ1) is 9.85. The van der Waals surface area contributed by atoms with Crippen molar-refractivity contribution in [3.63, 3.8) is 0 Å². The van der Waals surface area contributed by atoms with Crippen LogP contribution in [-0.2, 0) is 6.54 Å². The lowest BCUT2D eigenvalue weighted by Crippen LogP contribution is -2.29. The second-order valence-electron chi connectivity index (χ2n) is 6.46. The Morgan fingerprint density at radius 1 is 1.15 bits per heavy atom. The molecule has 1 aromatic heterocycles. The first kappa shape index (κ1) is 13.9. The van der Waals surface area contributed by atoms with Crippen molar-refractivity contribution in [3.8, 4) is 0 Å². The van der Waals surface area contributed by atoms with Crippen LogP contribution < -0.4 is 10.2 Å². The van der Waals surface area contributed by atoms with Crippen LogP contribution in [0.1, 0.15) is 44.7 Å². The second-order valence-corrected chi connectivity index (χ2v) is 6.46. The lowest BCUT2D eigenvalue weighted by molar-refractivity contribution is 0.651. The molecule has 110 valence electrons. The van der Waals surface area contributed by atoms with Gasteiger partial charge in [-0.3, -0.25) is 0 Å². The molecule has 1 aromatic rings. The molecular formula is C17H27N3. The first-order valence-electron chi connectivity index (χ1n) is 8.26. The SMILES string of the molecule is CCCNCc1cccc(N(CC2CC2)CC2CC2)n1. The summed E-state index contributed by atoms with van der Waals surface area (Å²) in [6, 6.07) is 6.49. The summed E-state index contributed by atoms with van der Waals surface area (Å²) in [5.74, 6) is 3.05. The third-order valence-corrected chi connectivity index (χ3v) is 4.20. The van der Waals surface area contributed by atoms with Gasteiger partial charge in [0.25, 0.3) is 0 Å². The lowest BCUT2D eigenvalue weighted by atomic mass is 10.2. The highest BCUT2D eigenvalue weighted by molar-refractivity contribution is 5.40. The topological polar surface area (TPSA) is 28.2 Å². The fourth-order valence-corrected chi connectivity index (χ4v) is 2.62. The molecule has 0 saturated heterocycles. The van der Waals surface area contributed by atoms with Crippen molar-refractivity contribution in [2.24, 2.45) is 11.8 Å². The Morgan fingerprint density at radius 3 is 2.45 bits per heavy atom. The minimum Gasteiger partial charge on any atom is -0.356 e. The van der Waals surface area contributed by atoms with Crippen LogP contribution in [0.3, 0.4) is 0 Å². The Kier molecular flexibility index (Phi) is 4.56. The van der Waals surface area contributed by atoms with E-state index in [9.17, 15) is 0 Å². The number of nitrogens with zero attached hydrogens (tertiary/aromatic N) is 2. The van der Waals surface area contributed by atoms with Crippen molar-refractivity contribution < 1.29 is 0 Å². The van der Waals surface area contributed by atoms with Crippen molar-refractivity contribution in [2.45, 2.75) is 45.6 Å². The fourth-order valence-electron chi connectivity index (χ4n) is 2.62. The molecule has 3 rings (SSSR count). The maximum Gasteiger partial charge on any atom is 0.128 e. The third kappa shape index (κ3) is 4.20. The van der Waals surface area contributed by atoms with Crippen LogP contribution in [0.2, 0.25) is 0 Å². The molecule has 2 aliphatic carbocycles. The van der Waals surface area contributed by atoms with Gasteiger partial charge in [-0.25, -0.2) is 4.98 Å². The highest BCUT2D eigenvalue weighted by atomic mass is 15.2. The van der Waals surface area contributed by atoms with E-state index in [4.69, 9.17) is 4.98 Å². The Balaban J connectivity index is 1.63. The van der Waals surface area contributed by atoms with E-state index in [1.165, 1.54) is 56.7 Å².